The van der Waals surface area contributed by atoms with Crippen LogP contribution >= 0.6 is 11.6 Å². The summed E-state index contributed by atoms with van der Waals surface area (Å²) in [6.45, 7) is 0.575. The predicted octanol–water partition coefficient (Wildman–Crippen LogP) is 3.75. The van der Waals surface area contributed by atoms with Crippen molar-refractivity contribution < 1.29 is 17.9 Å². The Balaban J connectivity index is 2.28. The monoisotopic (exact) mass is 304 g/mol. The van der Waals surface area contributed by atoms with E-state index in [1.165, 1.54) is 13.2 Å². The molecule has 7 heteroatoms. The second-order valence-electron chi connectivity index (χ2n) is 4.22. The van der Waals surface area contributed by atoms with Gasteiger partial charge in [0.25, 0.3) is 0 Å². The zero-order chi connectivity index (χ0) is 14.8. The van der Waals surface area contributed by atoms with Crippen molar-refractivity contribution in [2.45, 2.75) is 19.3 Å². The Morgan fingerprint density at radius 2 is 2.10 bits per heavy atom. The molecule has 0 fully saturated rings. The highest BCUT2D eigenvalue weighted by atomic mass is 35.5. The molecule has 0 radical (unpaired) electrons. The lowest BCUT2D eigenvalue weighted by Gasteiger charge is -2.12. The third-order valence-electron chi connectivity index (χ3n) is 2.76. The van der Waals surface area contributed by atoms with E-state index >= 15 is 0 Å². The van der Waals surface area contributed by atoms with E-state index in [1.54, 1.807) is 23.0 Å². The average Bonchev–Trinajstić information content (AvgIpc) is 2.78. The molecule has 2 rings (SSSR count). The van der Waals surface area contributed by atoms with Gasteiger partial charge < -0.3 is 9.30 Å². The van der Waals surface area contributed by atoms with E-state index < -0.39 is 11.7 Å². The molecule has 0 amide bonds. The SMILES string of the molecule is COCc1nccn1Cc1ccc(Cl)c(C(F)(F)F)c1. The lowest BCUT2D eigenvalue weighted by Crippen LogP contribution is -2.09. The molecule has 2 aromatic rings. The van der Waals surface area contributed by atoms with E-state index in [4.69, 9.17) is 16.3 Å². The Kier molecular flexibility index (Phi) is 4.35. The summed E-state index contributed by atoms with van der Waals surface area (Å²) < 4.78 is 45.1. The fourth-order valence-electron chi connectivity index (χ4n) is 1.84. The summed E-state index contributed by atoms with van der Waals surface area (Å²) in [5, 5.41) is -0.302. The number of rotatable bonds is 4. The van der Waals surface area contributed by atoms with Crippen molar-refractivity contribution in [3.05, 3.63) is 52.6 Å². The van der Waals surface area contributed by atoms with Gasteiger partial charge in [-0.1, -0.05) is 17.7 Å². The minimum absolute atomic E-state index is 0.277. The molecule has 20 heavy (non-hydrogen) atoms. The van der Waals surface area contributed by atoms with Crippen LogP contribution in [0.5, 0.6) is 0 Å². The Morgan fingerprint density at radius 3 is 2.75 bits per heavy atom. The van der Waals surface area contributed by atoms with Gasteiger partial charge >= 0.3 is 6.18 Å². The highest BCUT2D eigenvalue weighted by molar-refractivity contribution is 6.31. The zero-order valence-electron chi connectivity index (χ0n) is 10.6. The summed E-state index contributed by atoms with van der Waals surface area (Å²) >= 11 is 5.58. The van der Waals surface area contributed by atoms with Crippen LogP contribution in [-0.4, -0.2) is 16.7 Å². The Hall–Kier alpha value is -1.53. The first kappa shape index (κ1) is 14.9. The van der Waals surface area contributed by atoms with Gasteiger partial charge in [-0.25, -0.2) is 4.98 Å². The van der Waals surface area contributed by atoms with Crippen molar-refractivity contribution in [1.29, 1.82) is 0 Å². The van der Waals surface area contributed by atoms with Crippen LogP contribution in [0, 0.1) is 0 Å². The van der Waals surface area contributed by atoms with Crippen molar-refractivity contribution in [2.75, 3.05) is 7.11 Å². The molecule has 0 aliphatic carbocycles. The maximum atomic E-state index is 12.8. The number of nitrogens with zero attached hydrogens (tertiary/aromatic N) is 2. The Labute approximate surface area is 119 Å². The fraction of sp³-hybridized carbons (Fsp3) is 0.308. The third-order valence-corrected chi connectivity index (χ3v) is 3.09. The molecule has 3 nitrogen and oxygen atoms in total. The molecular weight excluding hydrogens is 293 g/mol. The van der Waals surface area contributed by atoms with Gasteiger partial charge in [-0.05, 0) is 17.7 Å². The average molecular weight is 305 g/mol. The molecule has 1 aromatic heterocycles. The first-order valence-corrected chi connectivity index (χ1v) is 6.14. The summed E-state index contributed by atoms with van der Waals surface area (Å²) in [7, 11) is 1.53. The van der Waals surface area contributed by atoms with Crippen LogP contribution in [0.1, 0.15) is 17.0 Å². The van der Waals surface area contributed by atoms with Crippen LogP contribution in [-0.2, 0) is 24.1 Å². The first-order chi connectivity index (χ1) is 9.41. The molecule has 0 unspecified atom stereocenters. The Bertz CT molecular complexity index is 596. The van der Waals surface area contributed by atoms with E-state index in [0.29, 0.717) is 18.0 Å². The molecule has 0 atom stereocenters. The van der Waals surface area contributed by atoms with Gasteiger partial charge in [0.15, 0.2) is 0 Å². The summed E-state index contributed by atoms with van der Waals surface area (Å²) in [6.07, 6.45) is -1.19. The highest BCUT2D eigenvalue weighted by Crippen LogP contribution is 2.35. The van der Waals surface area contributed by atoms with E-state index in [0.717, 1.165) is 6.07 Å². The number of benzene rings is 1. The third kappa shape index (κ3) is 3.32. The van der Waals surface area contributed by atoms with E-state index in [-0.39, 0.29) is 11.6 Å². The summed E-state index contributed by atoms with van der Waals surface area (Å²) in [4.78, 5) is 4.08. The molecule has 108 valence electrons. The van der Waals surface area contributed by atoms with E-state index in [2.05, 4.69) is 4.98 Å². The predicted molar refractivity (Wildman–Crippen MR) is 68.5 cm³/mol. The molecule has 0 N–H and O–H groups in total. The van der Waals surface area contributed by atoms with Crippen molar-refractivity contribution >= 4 is 11.6 Å². The number of imidazole rings is 1. The van der Waals surface area contributed by atoms with Gasteiger partial charge in [-0.2, -0.15) is 13.2 Å². The van der Waals surface area contributed by atoms with Crippen LogP contribution in [0.4, 0.5) is 13.2 Å². The van der Waals surface area contributed by atoms with Gasteiger partial charge in [0.1, 0.15) is 12.4 Å². The number of halogens is 4. The molecule has 0 aliphatic rings. The van der Waals surface area contributed by atoms with Gasteiger partial charge in [0, 0.05) is 26.0 Å². The zero-order valence-corrected chi connectivity index (χ0v) is 11.4. The number of methoxy groups -OCH3 is 1. The van der Waals surface area contributed by atoms with Crippen LogP contribution in [0.3, 0.4) is 0 Å². The molecule has 1 aromatic carbocycles. The molecule has 0 saturated heterocycles. The molecular formula is C13H12ClF3N2O. The van der Waals surface area contributed by atoms with Crippen LogP contribution in [0.25, 0.3) is 0 Å². The largest absolute Gasteiger partial charge is 0.417 e. The normalized spacial score (nSPS) is 11.8. The number of ether oxygens (including phenoxy) is 1. The highest BCUT2D eigenvalue weighted by Gasteiger charge is 2.33. The van der Waals surface area contributed by atoms with Gasteiger partial charge in [-0.3, -0.25) is 0 Å². The lowest BCUT2D eigenvalue weighted by molar-refractivity contribution is -0.137. The second kappa shape index (κ2) is 5.85. The van der Waals surface area contributed by atoms with Crippen molar-refractivity contribution in [2.24, 2.45) is 0 Å². The van der Waals surface area contributed by atoms with E-state index in [9.17, 15) is 13.2 Å². The maximum Gasteiger partial charge on any atom is 0.417 e. The molecule has 0 bridgehead atoms. The number of aromatic nitrogens is 2. The smallest absolute Gasteiger partial charge is 0.377 e. The standard InChI is InChI=1S/C13H12ClF3N2O/c1-20-8-12-18-4-5-19(12)7-9-2-3-11(14)10(6-9)13(15,16)17/h2-6H,7-8H2,1H3. The van der Waals surface area contributed by atoms with Crippen LogP contribution < -0.4 is 0 Å². The molecule has 1 heterocycles. The first-order valence-electron chi connectivity index (χ1n) is 5.76. The fourth-order valence-corrected chi connectivity index (χ4v) is 2.06. The van der Waals surface area contributed by atoms with E-state index in [1.807, 2.05) is 0 Å². The van der Waals surface area contributed by atoms with Crippen LogP contribution in [0.15, 0.2) is 30.6 Å². The minimum Gasteiger partial charge on any atom is -0.377 e. The number of alkyl halides is 3. The second-order valence-corrected chi connectivity index (χ2v) is 4.62. The number of hydrogen-bond donors (Lipinski definition) is 0. The van der Waals surface area contributed by atoms with Crippen molar-refractivity contribution in [3.63, 3.8) is 0 Å². The van der Waals surface area contributed by atoms with Gasteiger partial charge in [0.05, 0.1) is 10.6 Å². The van der Waals surface area contributed by atoms with Gasteiger partial charge in [-0.15, -0.1) is 0 Å². The Morgan fingerprint density at radius 1 is 1.35 bits per heavy atom. The minimum atomic E-state index is -4.46. The topological polar surface area (TPSA) is 27.1 Å². The molecule has 0 saturated carbocycles. The number of hydrogen-bond acceptors (Lipinski definition) is 2. The molecule has 0 aliphatic heterocycles. The van der Waals surface area contributed by atoms with Gasteiger partial charge in [0.2, 0.25) is 0 Å². The maximum absolute atomic E-state index is 12.8. The summed E-state index contributed by atoms with van der Waals surface area (Å²) in [5.41, 5.74) is -0.331. The van der Waals surface area contributed by atoms with Crippen molar-refractivity contribution in [3.8, 4) is 0 Å². The quantitative estimate of drug-likeness (QED) is 0.860. The summed E-state index contributed by atoms with van der Waals surface area (Å²) in [6, 6.07) is 3.87. The van der Waals surface area contributed by atoms with Crippen molar-refractivity contribution in [1.82, 2.24) is 9.55 Å². The summed E-state index contributed by atoms with van der Waals surface area (Å²) in [5.74, 6) is 0.649. The molecule has 0 spiro atoms. The lowest BCUT2D eigenvalue weighted by atomic mass is 10.1. The van der Waals surface area contributed by atoms with Crippen LogP contribution in [0.2, 0.25) is 5.02 Å².